The lowest BCUT2D eigenvalue weighted by atomic mass is 10.4. The summed E-state index contributed by atoms with van der Waals surface area (Å²) < 4.78 is 0. The molecule has 0 spiro atoms. The van der Waals surface area contributed by atoms with Gasteiger partial charge in [-0.15, -0.1) is 11.8 Å². The van der Waals surface area contributed by atoms with Crippen LogP contribution in [0.4, 0.5) is 0 Å². The summed E-state index contributed by atoms with van der Waals surface area (Å²) >= 11 is 1.82. The van der Waals surface area contributed by atoms with Gasteiger partial charge >= 0.3 is 0 Å². The first kappa shape index (κ1) is 8.72. The summed E-state index contributed by atoms with van der Waals surface area (Å²) in [4.78, 5) is 2.32. The van der Waals surface area contributed by atoms with E-state index in [1.807, 2.05) is 11.8 Å². The highest BCUT2D eigenvalue weighted by Crippen LogP contribution is 2.24. The average molecular weight is 169 g/mol. The third kappa shape index (κ3) is 2.29. The van der Waals surface area contributed by atoms with Crippen molar-refractivity contribution < 1.29 is 0 Å². The molecule has 0 aromatic carbocycles. The second kappa shape index (κ2) is 3.86. The zero-order chi connectivity index (χ0) is 8.27. The minimum Gasteiger partial charge on any atom is -0.343 e. The lowest BCUT2D eigenvalue weighted by molar-refractivity contribution is 0.534. The van der Waals surface area contributed by atoms with Crippen molar-refractivity contribution in [3.05, 3.63) is 22.9 Å². The number of thioether (sulfide) groups is 1. The van der Waals surface area contributed by atoms with Crippen molar-refractivity contribution in [3.63, 3.8) is 0 Å². The second-order valence-corrected chi connectivity index (χ2v) is 3.76. The average Bonchev–Trinajstić information content (AvgIpc) is 2.34. The van der Waals surface area contributed by atoms with Gasteiger partial charge in [-0.3, -0.25) is 0 Å². The molecule has 11 heavy (non-hydrogen) atoms. The van der Waals surface area contributed by atoms with Gasteiger partial charge in [-0.05, 0) is 26.5 Å². The van der Waals surface area contributed by atoms with E-state index in [0.717, 1.165) is 6.54 Å². The largest absolute Gasteiger partial charge is 0.343 e. The van der Waals surface area contributed by atoms with Crippen molar-refractivity contribution >= 4 is 11.8 Å². The lowest BCUT2D eigenvalue weighted by Gasteiger charge is -2.16. The first-order valence-electron chi connectivity index (χ1n) is 3.90. The van der Waals surface area contributed by atoms with Crippen LogP contribution in [-0.2, 0) is 0 Å². The topological polar surface area (TPSA) is 3.24 Å². The molecule has 0 amide bonds. The van der Waals surface area contributed by atoms with Crippen molar-refractivity contribution in [1.29, 1.82) is 0 Å². The van der Waals surface area contributed by atoms with Gasteiger partial charge in [0.15, 0.2) is 0 Å². The van der Waals surface area contributed by atoms with Crippen LogP contribution < -0.4 is 0 Å². The molecule has 1 rings (SSSR count). The van der Waals surface area contributed by atoms with Crippen LogP contribution in [0, 0.1) is 0 Å². The Balaban J connectivity index is 2.60. The predicted octanol–water partition coefficient (Wildman–Crippen LogP) is 2.82. The number of hydrogen-bond donors (Lipinski definition) is 0. The van der Waals surface area contributed by atoms with Crippen LogP contribution in [0.5, 0.6) is 0 Å². The molecule has 0 saturated carbocycles. The SMILES string of the molecule is CSC1=CCCN1C=C(C)C. The molecule has 0 aromatic heterocycles. The zero-order valence-corrected chi connectivity index (χ0v) is 8.24. The normalized spacial score (nSPS) is 16.6. The standard InChI is InChI=1S/C9H15NS/c1-8(2)7-10-6-4-5-9(10)11-3/h5,7H,4,6H2,1-3H3. The lowest BCUT2D eigenvalue weighted by Crippen LogP contribution is -2.10. The fourth-order valence-electron chi connectivity index (χ4n) is 1.19. The van der Waals surface area contributed by atoms with Crippen LogP contribution in [0.15, 0.2) is 22.9 Å². The quantitative estimate of drug-likeness (QED) is 0.625. The molecule has 1 aliphatic rings. The fourth-order valence-corrected chi connectivity index (χ4v) is 1.86. The second-order valence-electron chi connectivity index (χ2n) is 2.94. The van der Waals surface area contributed by atoms with E-state index in [2.05, 4.69) is 37.3 Å². The van der Waals surface area contributed by atoms with Gasteiger partial charge in [0, 0.05) is 12.7 Å². The molecule has 0 N–H and O–H groups in total. The van der Waals surface area contributed by atoms with E-state index in [-0.39, 0.29) is 0 Å². The molecule has 1 heterocycles. The molecule has 62 valence electrons. The number of hydrogen-bond acceptors (Lipinski definition) is 2. The molecular weight excluding hydrogens is 154 g/mol. The van der Waals surface area contributed by atoms with Gasteiger partial charge < -0.3 is 4.90 Å². The van der Waals surface area contributed by atoms with Crippen molar-refractivity contribution in [3.8, 4) is 0 Å². The smallest absolute Gasteiger partial charge is 0.0704 e. The molecule has 1 aliphatic heterocycles. The molecule has 0 radical (unpaired) electrons. The van der Waals surface area contributed by atoms with E-state index in [4.69, 9.17) is 0 Å². The molecule has 2 heteroatoms. The molecule has 0 aromatic rings. The van der Waals surface area contributed by atoms with Crippen molar-refractivity contribution in [1.82, 2.24) is 4.90 Å². The summed E-state index contributed by atoms with van der Waals surface area (Å²) in [5.41, 5.74) is 1.37. The molecule has 0 fully saturated rings. The third-order valence-electron chi connectivity index (χ3n) is 1.60. The van der Waals surface area contributed by atoms with E-state index < -0.39 is 0 Å². The van der Waals surface area contributed by atoms with Crippen molar-refractivity contribution in [2.24, 2.45) is 0 Å². The Morgan fingerprint density at radius 2 is 2.36 bits per heavy atom. The van der Waals surface area contributed by atoms with Gasteiger partial charge in [0.1, 0.15) is 0 Å². The highest BCUT2D eigenvalue weighted by molar-refractivity contribution is 8.02. The van der Waals surface area contributed by atoms with Crippen molar-refractivity contribution in [2.45, 2.75) is 20.3 Å². The van der Waals surface area contributed by atoms with Gasteiger partial charge in [0.05, 0.1) is 5.03 Å². The van der Waals surface area contributed by atoms with Crippen molar-refractivity contribution in [2.75, 3.05) is 12.8 Å². The highest BCUT2D eigenvalue weighted by Gasteiger charge is 2.10. The van der Waals surface area contributed by atoms with Crippen LogP contribution in [0.25, 0.3) is 0 Å². The number of nitrogens with zero attached hydrogens (tertiary/aromatic N) is 1. The Kier molecular flexibility index (Phi) is 3.06. The van der Waals surface area contributed by atoms with E-state index in [9.17, 15) is 0 Å². The molecule has 0 unspecified atom stereocenters. The van der Waals surface area contributed by atoms with Crippen LogP contribution in [0.3, 0.4) is 0 Å². The molecule has 0 bridgehead atoms. The molecular formula is C9H15NS. The fraction of sp³-hybridized carbons (Fsp3) is 0.556. The molecule has 0 atom stereocenters. The van der Waals surface area contributed by atoms with Gasteiger partial charge in [0.2, 0.25) is 0 Å². The molecule has 0 aliphatic carbocycles. The predicted molar refractivity (Wildman–Crippen MR) is 52.4 cm³/mol. The van der Waals surface area contributed by atoms with E-state index in [0.29, 0.717) is 0 Å². The first-order valence-corrected chi connectivity index (χ1v) is 5.12. The first-order chi connectivity index (χ1) is 5.24. The maximum atomic E-state index is 2.32. The van der Waals surface area contributed by atoms with Gasteiger partial charge in [-0.2, -0.15) is 0 Å². The monoisotopic (exact) mass is 169 g/mol. The number of allylic oxidation sites excluding steroid dienone is 1. The van der Waals surface area contributed by atoms with Gasteiger partial charge in [-0.25, -0.2) is 0 Å². The van der Waals surface area contributed by atoms with Gasteiger partial charge in [-0.1, -0.05) is 11.6 Å². The summed E-state index contributed by atoms with van der Waals surface area (Å²) in [6, 6.07) is 0. The van der Waals surface area contributed by atoms with E-state index in [1.54, 1.807) is 0 Å². The Bertz CT molecular complexity index is 190. The summed E-state index contributed by atoms with van der Waals surface area (Å²) in [7, 11) is 0. The summed E-state index contributed by atoms with van der Waals surface area (Å²) in [6.07, 6.45) is 7.84. The Morgan fingerprint density at radius 3 is 2.91 bits per heavy atom. The Morgan fingerprint density at radius 1 is 1.64 bits per heavy atom. The maximum absolute atomic E-state index is 2.32. The summed E-state index contributed by atoms with van der Waals surface area (Å²) in [6.45, 7) is 5.42. The molecule has 1 nitrogen and oxygen atoms in total. The van der Waals surface area contributed by atoms with Crippen LogP contribution in [0.2, 0.25) is 0 Å². The van der Waals surface area contributed by atoms with E-state index >= 15 is 0 Å². The van der Waals surface area contributed by atoms with Crippen LogP contribution >= 0.6 is 11.8 Å². The Hall–Kier alpha value is -0.370. The maximum Gasteiger partial charge on any atom is 0.0704 e. The van der Waals surface area contributed by atoms with Crippen LogP contribution in [0.1, 0.15) is 20.3 Å². The highest BCUT2D eigenvalue weighted by atomic mass is 32.2. The zero-order valence-electron chi connectivity index (χ0n) is 7.42. The third-order valence-corrected chi connectivity index (χ3v) is 2.41. The van der Waals surface area contributed by atoms with E-state index in [1.165, 1.54) is 17.0 Å². The molecule has 0 saturated heterocycles. The van der Waals surface area contributed by atoms with Gasteiger partial charge in [0.25, 0.3) is 0 Å². The summed E-state index contributed by atoms with van der Waals surface area (Å²) in [5.74, 6) is 0. The summed E-state index contributed by atoms with van der Waals surface area (Å²) in [5, 5.41) is 1.39. The number of rotatable bonds is 2. The minimum atomic E-state index is 1.15. The Labute approximate surface area is 73.2 Å². The minimum absolute atomic E-state index is 1.15. The van der Waals surface area contributed by atoms with Crippen LogP contribution in [-0.4, -0.2) is 17.7 Å².